The van der Waals surface area contributed by atoms with Crippen LogP contribution in [0.4, 0.5) is 0 Å². The summed E-state index contributed by atoms with van der Waals surface area (Å²) in [5.74, 6) is 8.79. The maximum Gasteiger partial charge on any atom is 0.0205 e. The van der Waals surface area contributed by atoms with Gasteiger partial charge in [0, 0.05) is 5.92 Å². The molecular formula is C11H18. The maximum absolute atomic E-state index is 3.27. The average molecular weight is 150 g/mol. The van der Waals surface area contributed by atoms with Gasteiger partial charge in [0.2, 0.25) is 0 Å². The fraction of sp³-hybridized carbons (Fsp3) is 0.818. The first kappa shape index (κ1) is 8.65. The quantitative estimate of drug-likeness (QED) is 0.542. The van der Waals surface area contributed by atoms with Crippen molar-refractivity contribution in [1.29, 1.82) is 0 Å². The van der Waals surface area contributed by atoms with Crippen molar-refractivity contribution in [2.75, 3.05) is 0 Å². The second-order valence-corrected chi connectivity index (χ2v) is 3.59. The Kier molecular flexibility index (Phi) is 3.00. The Morgan fingerprint density at radius 2 is 2.09 bits per heavy atom. The molecule has 1 rings (SSSR count). The Bertz CT molecular complexity index is 166. The van der Waals surface area contributed by atoms with Gasteiger partial charge in [-0.1, -0.05) is 20.3 Å². The van der Waals surface area contributed by atoms with E-state index < -0.39 is 0 Å². The van der Waals surface area contributed by atoms with Crippen molar-refractivity contribution in [3.63, 3.8) is 0 Å². The van der Waals surface area contributed by atoms with Gasteiger partial charge in [-0.25, -0.2) is 0 Å². The third-order valence-corrected chi connectivity index (χ3v) is 2.71. The van der Waals surface area contributed by atoms with E-state index in [1.807, 2.05) is 6.92 Å². The molecule has 0 N–H and O–H groups in total. The molecule has 0 heterocycles. The molecule has 0 radical (unpaired) electrons. The minimum Gasteiger partial charge on any atom is -0.106 e. The predicted octanol–water partition coefficient (Wildman–Crippen LogP) is 3.08. The van der Waals surface area contributed by atoms with E-state index in [4.69, 9.17) is 0 Å². The van der Waals surface area contributed by atoms with Crippen LogP contribution in [0.1, 0.15) is 40.0 Å². The summed E-state index contributed by atoms with van der Waals surface area (Å²) in [5.41, 5.74) is 0. The molecule has 0 spiro atoms. The molecule has 1 fully saturated rings. The highest BCUT2D eigenvalue weighted by Crippen LogP contribution is 2.41. The monoisotopic (exact) mass is 150 g/mol. The molecule has 0 aliphatic heterocycles. The van der Waals surface area contributed by atoms with Crippen LogP contribution in [-0.2, 0) is 0 Å². The van der Waals surface area contributed by atoms with Gasteiger partial charge in [0.05, 0.1) is 0 Å². The second-order valence-electron chi connectivity index (χ2n) is 3.59. The summed E-state index contributed by atoms with van der Waals surface area (Å²) in [4.78, 5) is 0. The molecule has 0 heteroatoms. The van der Waals surface area contributed by atoms with Crippen LogP contribution in [0.3, 0.4) is 0 Å². The molecule has 11 heavy (non-hydrogen) atoms. The van der Waals surface area contributed by atoms with Crippen molar-refractivity contribution in [3.05, 3.63) is 0 Å². The lowest BCUT2D eigenvalue weighted by molar-refractivity contribution is 0.368. The molecule has 0 saturated heterocycles. The summed E-state index contributed by atoms with van der Waals surface area (Å²) in [5, 5.41) is 0. The van der Waals surface area contributed by atoms with Crippen LogP contribution in [0.5, 0.6) is 0 Å². The van der Waals surface area contributed by atoms with E-state index in [9.17, 15) is 0 Å². The molecule has 0 nitrogen and oxygen atoms in total. The third kappa shape index (κ3) is 2.26. The molecule has 1 aliphatic carbocycles. The van der Waals surface area contributed by atoms with Crippen LogP contribution in [-0.4, -0.2) is 0 Å². The standard InChI is InChI=1S/C11H18/c1-4-6-9(3)11(5-2)10-7-8-10/h9-11H,5,7-8H2,1-3H3. The van der Waals surface area contributed by atoms with Crippen LogP contribution in [0.2, 0.25) is 0 Å². The lowest BCUT2D eigenvalue weighted by Crippen LogP contribution is -2.10. The zero-order valence-corrected chi connectivity index (χ0v) is 7.85. The third-order valence-electron chi connectivity index (χ3n) is 2.71. The van der Waals surface area contributed by atoms with Gasteiger partial charge in [0.15, 0.2) is 0 Å². The molecule has 62 valence electrons. The minimum atomic E-state index is 0.623. The number of rotatable bonds is 3. The van der Waals surface area contributed by atoms with Crippen molar-refractivity contribution < 1.29 is 0 Å². The zero-order valence-electron chi connectivity index (χ0n) is 7.85. The summed E-state index contributed by atoms with van der Waals surface area (Å²) in [6, 6.07) is 0. The van der Waals surface area contributed by atoms with Gasteiger partial charge in [-0.2, -0.15) is 0 Å². The Morgan fingerprint density at radius 1 is 1.45 bits per heavy atom. The molecule has 0 amide bonds. The first-order chi connectivity index (χ1) is 5.29. The number of hydrogen-bond donors (Lipinski definition) is 0. The van der Waals surface area contributed by atoms with E-state index in [0.29, 0.717) is 5.92 Å². The first-order valence-electron chi connectivity index (χ1n) is 4.71. The average Bonchev–Trinajstić information content (AvgIpc) is 2.73. The fourth-order valence-corrected chi connectivity index (χ4v) is 1.95. The van der Waals surface area contributed by atoms with Crippen LogP contribution in [0.15, 0.2) is 0 Å². The minimum absolute atomic E-state index is 0.623. The van der Waals surface area contributed by atoms with Crippen LogP contribution in [0, 0.1) is 29.6 Å². The summed E-state index contributed by atoms with van der Waals surface area (Å²) in [6.45, 7) is 6.50. The summed E-state index contributed by atoms with van der Waals surface area (Å²) in [6.07, 6.45) is 4.21. The summed E-state index contributed by atoms with van der Waals surface area (Å²) >= 11 is 0. The van der Waals surface area contributed by atoms with E-state index in [1.54, 1.807) is 0 Å². The molecule has 0 aromatic heterocycles. The van der Waals surface area contributed by atoms with E-state index in [0.717, 1.165) is 11.8 Å². The highest BCUT2D eigenvalue weighted by Gasteiger charge is 2.32. The lowest BCUT2D eigenvalue weighted by Gasteiger charge is -2.16. The largest absolute Gasteiger partial charge is 0.106 e. The summed E-state index contributed by atoms with van der Waals surface area (Å²) in [7, 11) is 0. The Morgan fingerprint density at radius 3 is 2.45 bits per heavy atom. The van der Waals surface area contributed by atoms with Gasteiger partial charge < -0.3 is 0 Å². The van der Waals surface area contributed by atoms with Crippen molar-refractivity contribution in [2.24, 2.45) is 17.8 Å². The highest BCUT2D eigenvalue weighted by molar-refractivity contribution is 5.03. The Labute approximate surface area is 70.4 Å². The van der Waals surface area contributed by atoms with Gasteiger partial charge in [-0.3, -0.25) is 0 Å². The van der Waals surface area contributed by atoms with Crippen molar-refractivity contribution in [1.82, 2.24) is 0 Å². The van der Waals surface area contributed by atoms with Crippen LogP contribution in [0.25, 0.3) is 0 Å². The molecule has 0 bridgehead atoms. The maximum atomic E-state index is 3.27. The zero-order chi connectivity index (χ0) is 8.27. The van der Waals surface area contributed by atoms with Crippen molar-refractivity contribution >= 4 is 0 Å². The number of hydrogen-bond acceptors (Lipinski definition) is 0. The van der Waals surface area contributed by atoms with E-state index in [1.165, 1.54) is 19.3 Å². The Hall–Kier alpha value is -0.440. The van der Waals surface area contributed by atoms with Gasteiger partial charge in [-0.15, -0.1) is 11.8 Å². The van der Waals surface area contributed by atoms with Gasteiger partial charge in [0.1, 0.15) is 0 Å². The van der Waals surface area contributed by atoms with Crippen LogP contribution < -0.4 is 0 Å². The molecule has 1 saturated carbocycles. The Balaban J connectivity index is 2.43. The SMILES string of the molecule is CC#CC(C)C(CC)C1CC1. The van der Waals surface area contributed by atoms with Gasteiger partial charge >= 0.3 is 0 Å². The van der Waals surface area contributed by atoms with Crippen LogP contribution >= 0.6 is 0 Å². The highest BCUT2D eigenvalue weighted by atomic mass is 14.4. The first-order valence-corrected chi connectivity index (χ1v) is 4.71. The summed E-state index contributed by atoms with van der Waals surface area (Å²) < 4.78 is 0. The van der Waals surface area contributed by atoms with E-state index >= 15 is 0 Å². The molecule has 0 aromatic rings. The predicted molar refractivity (Wildman–Crippen MR) is 49.1 cm³/mol. The molecule has 1 aliphatic rings. The molecular weight excluding hydrogens is 132 g/mol. The lowest BCUT2D eigenvalue weighted by atomic mass is 9.88. The van der Waals surface area contributed by atoms with E-state index in [2.05, 4.69) is 25.7 Å². The van der Waals surface area contributed by atoms with Crippen molar-refractivity contribution in [2.45, 2.75) is 40.0 Å². The van der Waals surface area contributed by atoms with E-state index in [-0.39, 0.29) is 0 Å². The van der Waals surface area contributed by atoms with Gasteiger partial charge in [0.25, 0.3) is 0 Å². The topological polar surface area (TPSA) is 0 Å². The van der Waals surface area contributed by atoms with Crippen molar-refractivity contribution in [3.8, 4) is 11.8 Å². The van der Waals surface area contributed by atoms with Gasteiger partial charge in [-0.05, 0) is 31.6 Å². The molecule has 0 aromatic carbocycles. The smallest absolute Gasteiger partial charge is 0.0205 e. The molecule has 2 atom stereocenters. The normalized spacial score (nSPS) is 21.7. The fourth-order valence-electron chi connectivity index (χ4n) is 1.95. The molecule has 2 unspecified atom stereocenters. The second kappa shape index (κ2) is 3.81.